The minimum Gasteiger partial charge on any atom is -0.326 e. The molecule has 0 saturated carbocycles. The maximum Gasteiger partial charge on any atom is 0.266 e. The average molecular weight is 433 g/mol. The van der Waals surface area contributed by atoms with E-state index in [2.05, 4.69) is 5.32 Å². The molecule has 0 unspecified atom stereocenters. The van der Waals surface area contributed by atoms with Crippen molar-refractivity contribution in [3.8, 4) is 0 Å². The van der Waals surface area contributed by atoms with E-state index in [0.717, 1.165) is 14.7 Å². The molecule has 1 aliphatic heterocycles. The van der Waals surface area contributed by atoms with E-state index in [9.17, 15) is 19.2 Å². The number of benzene rings is 2. The molecule has 0 aliphatic carbocycles. The zero-order chi connectivity index (χ0) is 22.1. The van der Waals surface area contributed by atoms with E-state index in [1.54, 1.807) is 59.9 Å². The van der Waals surface area contributed by atoms with Gasteiger partial charge in [-0.05, 0) is 50.2 Å². The van der Waals surface area contributed by atoms with Gasteiger partial charge in [-0.2, -0.15) is 0 Å². The summed E-state index contributed by atoms with van der Waals surface area (Å²) in [6.07, 6.45) is 0.158. The van der Waals surface area contributed by atoms with E-state index in [0.29, 0.717) is 28.1 Å². The van der Waals surface area contributed by atoms with E-state index >= 15 is 0 Å². The predicted molar refractivity (Wildman–Crippen MR) is 120 cm³/mol. The van der Waals surface area contributed by atoms with Gasteiger partial charge in [-0.1, -0.05) is 18.2 Å². The summed E-state index contributed by atoms with van der Waals surface area (Å²) in [5, 5.41) is 2.75. The lowest BCUT2D eigenvalue weighted by Gasteiger charge is -2.15. The zero-order valence-corrected chi connectivity index (χ0v) is 17.9. The van der Waals surface area contributed by atoms with Crippen molar-refractivity contribution in [2.24, 2.45) is 0 Å². The van der Waals surface area contributed by atoms with Gasteiger partial charge in [-0.3, -0.25) is 19.2 Å². The molecule has 1 N–H and O–H groups in total. The summed E-state index contributed by atoms with van der Waals surface area (Å²) in [6, 6.07) is 15.1. The van der Waals surface area contributed by atoms with Crippen LogP contribution in [0.5, 0.6) is 0 Å². The number of imide groups is 1. The minimum absolute atomic E-state index is 0.0460. The largest absolute Gasteiger partial charge is 0.326 e. The van der Waals surface area contributed by atoms with Gasteiger partial charge >= 0.3 is 0 Å². The Kier molecular flexibility index (Phi) is 5.52. The standard InChI is InChI=1S/C24H20N2O4S/c1-14-12-20(15(2)31-14)21(27)10-11-22(28)25-16-6-5-7-17(13-16)26-23(29)18-8-3-4-9-19(18)24(26)30/h3-9,12-13H,10-11H2,1-2H3,(H,25,28). The highest BCUT2D eigenvalue weighted by molar-refractivity contribution is 7.12. The lowest BCUT2D eigenvalue weighted by atomic mass is 10.1. The summed E-state index contributed by atoms with van der Waals surface area (Å²) < 4.78 is 0. The maximum atomic E-state index is 12.7. The van der Waals surface area contributed by atoms with Crippen LogP contribution in [0.4, 0.5) is 11.4 Å². The molecular formula is C24H20N2O4S. The normalized spacial score (nSPS) is 12.8. The van der Waals surface area contributed by atoms with Gasteiger partial charge in [-0.25, -0.2) is 4.90 Å². The zero-order valence-electron chi connectivity index (χ0n) is 17.1. The SMILES string of the molecule is Cc1cc(C(=O)CCC(=O)Nc2cccc(N3C(=O)c4ccccc4C3=O)c2)c(C)s1. The number of hydrogen-bond acceptors (Lipinski definition) is 5. The van der Waals surface area contributed by atoms with Crippen LogP contribution in [-0.4, -0.2) is 23.5 Å². The number of hydrogen-bond donors (Lipinski definition) is 1. The number of nitrogens with zero attached hydrogens (tertiary/aromatic N) is 1. The Labute approximate surface area is 183 Å². The van der Waals surface area contributed by atoms with Crippen molar-refractivity contribution < 1.29 is 19.2 Å². The first-order valence-electron chi connectivity index (χ1n) is 9.83. The molecule has 2 aromatic carbocycles. The smallest absolute Gasteiger partial charge is 0.266 e. The van der Waals surface area contributed by atoms with Crippen molar-refractivity contribution in [3.63, 3.8) is 0 Å². The van der Waals surface area contributed by atoms with Gasteiger partial charge in [-0.15, -0.1) is 11.3 Å². The minimum atomic E-state index is -0.393. The number of rotatable bonds is 6. The maximum absolute atomic E-state index is 12.7. The molecule has 0 bridgehead atoms. The molecule has 31 heavy (non-hydrogen) atoms. The number of carbonyl (C=O) groups excluding carboxylic acids is 4. The number of thiophene rings is 1. The van der Waals surface area contributed by atoms with Gasteiger partial charge in [0.2, 0.25) is 5.91 Å². The third kappa shape index (κ3) is 4.04. The Morgan fingerprint density at radius 3 is 2.19 bits per heavy atom. The van der Waals surface area contributed by atoms with Gasteiger partial charge in [0.25, 0.3) is 11.8 Å². The fraction of sp³-hybridized carbons (Fsp3) is 0.167. The quantitative estimate of drug-likeness (QED) is 0.449. The van der Waals surface area contributed by atoms with Crippen molar-refractivity contribution in [1.82, 2.24) is 0 Å². The number of carbonyl (C=O) groups is 4. The molecule has 0 fully saturated rings. The van der Waals surface area contributed by atoms with Crippen LogP contribution >= 0.6 is 11.3 Å². The second-order valence-electron chi connectivity index (χ2n) is 7.34. The molecule has 1 aliphatic rings. The lowest BCUT2D eigenvalue weighted by molar-refractivity contribution is -0.116. The molecule has 0 saturated heterocycles. The van der Waals surface area contributed by atoms with Gasteiger partial charge in [0.15, 0.2) is 5.78 Å². The van der Waals surface area contributed by atoms with Crippen LogP contribution in [0.25, 0.3) is 0 Å². The molecule has 0 radical (unpaired) electrons. The van der Waals surface area contributed by atoms with Gasteiger partial charge in [0.1, 0.15) is 0 Å². The van der Waals surface area contributed by atoms with E-state index in [1.165, 1.54) is 0 Å². The van der Waals surface area contributed by atoms with Crippen molar-refractivity contribution in [2.75, 3.05) is 10.2 Å². The number of nitrogens with one attached hydrogen (secondary N) is 1. The number of fused-ring (bicyclic) bond motifs is 1. The number of ketones is 1. The van der Waals surface area contributed by atoms with E-state index < -0.39 is 11.8 Å². The van der Waals surface area contributed by atoms with E-state index in [4.69, 9.17) is 0 Å². The summed E-state index contributed by atoms with van der Waals surface area (Å²) in [5.74, 6) is -1.15. The fourth-order valence-electron chi connectivity index (χ4n) is 3.64. The van der Waals surface area contributed by atoms with Crippen LogP contribution in [0.2, 0.25) is 0 Å². The monoisotopic (exact) mass is 432 g/mol. The van der Waals surface area contributed by atoms with Crippen molar-refractivity contribution in [1.29, 1.82) is 0 Å². The predicted octanol–water partition coefficient (Wildman–Crippen LogP) is 4.77. The number of anilines is 2. The average Bonchev–Trinajstić information content (AvgIpc) is 3.22. The van der Waals surface area contributed by atoms with Crippen molar-refractivity contribution in [2.45, 2.75) is 26.7 Å². The highest BCUT2D eigenvalue weighted by atomic mass is 32.1. The first-order chi connectivity index (χ1) is 14.8. The molecule has 3 amide bonds. The first-order valence-corrected chi connectivity index (χ1v) is 10.6. The molecule has 3 aromatic rings. The Morgan fingerprint density at radius 2 is 1.58 bits per heavy atom. The Balaban J connectivity index is 1.43. The highest BCUT2D eigenvalue weighted by Gasteiger charge is 2.36. The summed E-state index contributed by atoms with van der Waals surface area (Å²) >= 11 is 1.56. The molecular weight excluding hydrogens is 412 g/mol. The van der Waals surface area contributed by atoms with E-state index in [-0.39, 0.29) is 24.5 Å². The van der Waals surface area contributed by atoms with E-state index in [1.807, 2.05) is 19.9 Å². The fourth-order valence-corrected chi connectivity index (χ4v) is 4.58. The van der Waals surface area contributed by atoms with Crippen LogP contribution in [0.1, 0.15) is 53.7 Å². The molecule has 6 nitrogen and oxygen atoms in total. The number of amides is 3. The highest BCUT2D eigenvalue weighted by Crippen LogP contribution is 2.30. The third-order valence-corrected chi connectivity index (χ3v) is 6.07. The second kappa shape index (κ2) is 8.28. The second-order valence-corrected chi connectivity index (χ2v) is 8.80. The molecule has 0 spiro atoms. The molecule has 2 heterocycles. The Morgan fingerprint density at radius 1 is 0.903 bits per heavy atom. The van der Waals surface area contributed by atoms with Crippen LogP contribution in [0, 0.1) is 13.8 Å². The summed E-state index contributed by atoms with van der Waals surface area (Å²) in [6.45, 7) is 3.85. The molecule has 7 heteroatoms. The topological polar surface area (TPSA) is 83.6 Å². The summed E-state index contributed by atoms with van der Waals surface area (Å²) in [7, 11) is 0. The van der Waals surface area contributed by atoms with Crippen LogP contribution < -0.4 is 10.2 Å². The molecule has 1 aromatic heterocycles. The van der Waals surface area contributed by atoms with Gasteiger partial charge < -0.3 is 5.32 Å². The molecule has 0 atom stereocenters. The Hall–Kier alpha value is -3.58. The third-order valence-electron chi connectivity index (χ3n) is 5.10. The van der Waals surface area contributed by atoms with Crippen LogP contribution in [-0.2, 0) is 4.79 Å². The van der Waals surface area contributed by atoms with Crippen LogP contribution in [0.3, 0.4) is 0 Å². The number of aryl methyl sites for hydroxylation is 2. The van der Waals surface area contributed by atoms with Crippen LogP contribution in [0.15, 0.2) is 54.6 Å². The lowest BCUT2D eigenvalue weighted by Crippen LogP contribution is -2.29. The summed E-state index contributed by atoms with van der Waals surface area (Å²) in [4.78, 5) is 53.2. The Bertz CT molecular complexity index is 1190. The molecule has 156 valence electrons. The first kappa shape index (κ1) is 20.7. The summed E-state index contributed by atoms with van der Waals surface area (Å²) in [5.41, 5.74) is 2.22. The van der Waals surface area contributed by atoms with Gasteiger partial charge in [0.05, 0.1) is 16.8 Å². The van der Waals surface area contributed by atoms with Crippen molar-refractivity contribution in [3.05, 3.63) is 81.0 Å². The number of Topliss-reactive ketones (excluding diaryl/α,β-unsaturated/α-hetero) is 1. The van der Waals surface area contributed by atoms with Gasteiger partial charge in [0, 0.05) is 33.8 Å². The molecule has 4 rings (SSSR count). The van der Waals surface area contributed by atoms with Crippen molar-refractivity contribution >= 4 is 46.2 Å².